The zero-order valence-electron chi connectivity index (χ0n) is 17.8. The number of carbonyl (C=O) groups excluding carboxylic acids is 2. The maximum atomic E-state index is 13.3. The fraction of sp³-hybridized carbons (Fsp3) is 0.333. The van der Waals surface area contributed by atoms with Crippen LogP contribution in [0.5, 0.6) is 0 Å². The number of halogens is 3. The maximum absolute atomic E-state index is 13.3. The van der Waals surface area contributed by atoms with E-state index in [0.717, 1.165) is 14.1 Å². The molecule has 1 N–H and O–H groups in total. The number of sulfonamides is 1. The standard InChI is InChI=1S/C21H24Cl2IN3O4S/c1-4-25-21(29)14(2)26(12-15-5-6-16(22)11-19(15)23)20(28)13-27(32(3,30)31)18-9-7-17(24)8-10-18/h5-11,14H,4,12-13H2,1-3H3,(H,25,29)/t14-/m0/s1. The zero-order valence-corrected chi connectivity index (χ0v) is 22.3. The Bertz CT molecular complexity index is 1080. The molecule has 0 spiro atoms. The summed E-state index contributed by atoms with van der Waals surface area (Å²) in [5.74, 6) is -0.898. The Kier molecular flexibility index (Phi) is 9.62. The molecular formula is C21H24Cl2IN3O4S. The molecule has 0 aromatic heterocycles. The highest BCUT2D eigenvalue weighted by Gasteiger charge is 2.30. The molecule has 0 heterocycles. The van der Waals surface area contributed by atoms with Crippen molar-refractivity contribution < 1.29 is 18.0 Å². The molecule has 0 saturated heterocycles. The third kappa shape index (κ3) is 7.23. The molecule has 1 atom stereocenters. The molecule has 2 aromatic rings. The van der Waals surface area contributed by atoms with Crippen LogP contribution in [0.15, 0.2) is 42.5 Å². The maximum Gasteiger partial charge on any atom is 0.244 e. The lowest BCUT2D eigenvalue weighted by Crippen LogP contribution is -2.51. The van der Waals surface area contributed by atoms with Gasteiger partial charge in [0.2, 0.25) is 21.8 Å². The highest BCUT2D eigenvalue weighted by atomic mass is 127. The van der Waals surface area contributed by atoms with E-state index in [1.54, 1.807) is 56.3 Å². The highest BCUT2D eigenvalue weighted by molar-refractivity contribution is 14.1. The van der Waals surface area contributed by atoms with E-state index in [2.05, 4.69) is 27.9 Å². The van der Waals surface area contributed by atoms with Gasteiger partial charge in [0.25, 0.3) is 0 Å². The monoisotopic (exact) mass is 611 g/mol. The average molecular weight is 612 g/mol. The summed E-state index contributed by atoms with van der Waals surface area (Å²) in [5.41, 5.74) is 0.942. The van der Waals surface area contributed by atoms with Crippen molar-refractivity contribution in [1.82, 2.24) is 10.2 Å². The molecule has 7 nitrogen and oxygen atoms in total. The number of amides is 2. The number of benzene rings is 2. The number of nitrogens with one attached hydrogen (secondary N) is 1. The van der Waals surface area contributed by atoms with Crippen molar-refractivity contribution in [3.8, 4) is 0 Å². The van der Waals surface area contributed by atoms with Gasteiger partial charge in [-0.1, -0.05) is 29.3 Å². The van der Waals surface area contributed by atoms with E-state index >= 15 is 0 Å². The average Bonchev–Trinajstić information content (AvgIpc) is 2.71. The Labute approximate surface area is 212 Å². The van der Waals surface area contributed by atoms with Gasteiger partial charge in [-0.05, 0) is 78.4 Å². The molecule has 32 heavy (non-hydrogen) atoms. The first-order chi connectivity index (χ1) is 14.9. The lowest BCUT2D eigenvalue weighted by Gasteiger charge is -2.31. The molecule has 0 bridgehead atoms. The van der Waals surface area contributed by atoms with E-state index in [0.29, 0.717) is 27.8 Å². The number of hydrogen-bond donors (Lipinski definition) is 1. The van der Waals surface area contributed by atoms with Gasteiger partial charge in [0, 0.05) is 26.7 Å². The van der Waals surface area contributed by atoms with Crippen LogP contribution in [-0.4, -0.2) is 50.5 Å². The third-order valence-electron chi connectivity index (χ3n) is 4.67. The molecule has 0 unspecified atom stereocenters. The Morgan fingerprint density at radius 3 is 2.28 bits per heavy atom. The number of likely N-dealkylation sites (N-methyl/N-ethyl adjacent to an activating group) is 1. The van der Waals surface area contributed by atoms with E-state index < -0.39 is 28.5 Å². The lowest BCUT2D eigenvalue weighted by molar-refractivity contribution is -0.139. The Morgan fingerprint density at radius 1 is 1.12 bits per heavy atom. The van der Waals surface area contributed by atoms with Crippen LogP contribution in [0.25, 0.3) is 0 Å². The first-order valence-electron chi connectivity index (χ1n) is 9.68. The molecule has 0 radical (unpaired) electrons. The van der Waals surface area contributed by atoms with Crippen LogP contribution in [0.4, 0.5) is 5.69 Å². The first-order valence-corrected chi connectivity index (χ1v) is 13.4. The van der Waals surface area contributed by atoms with Crippen LogP contribution >= 0.6 is 45.8 Å². The summed E-state index contributed by atoms with van der Waals surface area (Å²) in [5, 5.41) is 3.48. The van der Waals surface area contributed by atoms with Crippen LogP contribution in [0.1, 0.15) is 19.4 Å². The second-order valence-corrected chi connectivity index (χ2v) is 11.1. The number of nitrogens with zero attached hydrogens (tertiary/aromatic N) is 2. The second kappa shape index (κ2) is 11.5. The molecular weight excluding hydrogens is 588 g/mol. The van der Waals surface area contributed by atoms with Crippen LogP contribution in [0.3, 0.4) is 0 Å². The Balaban J connectivity index is 2.40. The van der Waals surface area contributed by atoms with Crippen molar-refractivity contribution in [1.29, 1.82) is 0 Å². The van der Waals surface area contributed by atoms with E-state index in [1.807, 2.05) is 0 Å². The van der Waals surface area contributed by atoms with Gasteiger partial charge in [-0.15, -0.1) is 0 Å². The van der Waals surface area contributed by atoms with Gasteiger partial charge in [0.1, 0.15) is 12.6 Å². The predicted molar refractivity (Wildman–Crippen MR) is 137 cm³/mol. The van der Waals surface area contributed by atoms with Gasteiger partial charge in [-0.2, -0.15) is 0 Å². The highest BCUT2D eigenvalue weighted by Crippen LogP contribution is 2.24. The molecule has 2 amide bonds. The summed E-state index contributed by atoms with van der Waals surface area (Å²) in [6.45, 7) is 3.30. The van der Waals surface area contributed by atoms with E-state index in [4.69, 9.17) is 23.2 Å². The van der Waals surface area contributed by atoms with Gasteiger partial charge < -0.3 is 10.2 Å². The number of anilines is 1. The topological polar surface area (TPSA) is 86.8 Å². The summed E-state index contributed by atoms with van der Waals surface area (Å²) in [6.07, 6.45) is 1.03. The van der Waals surface area contributed by atoms with Crippen molar-refractivity contribution in [3.63, 3.8) is 0 Å². The van der Waals surface area contributed by atoms with Crippen LogP contribution in [0.2, 0.25) is 10.0 Å². The van der Waals surface area contributed by atoms with E-state index in [-0.39, 0.29) is 12.5 Å². The van der Waals surface area contributed by atoms with Crippen molar-refractivity contribution in [2.24, 2.45) is 0 Å². The number of carbonyl (C=O) groups is 2. The summed E-state index contributed by atoms with van der Waals surface area (Å²) in [7, 11) is -3.76. The summed E-state index contributed by atoms with van der Waals surface area (Å²) in [4.78, 5) is 27.2. The third-order valence-corrected chi connectivity index (χ3v) is 7.11. The number of rotatable bonds is 9. The van der Waals surface area contributed by atoms with Gasteiger partial charge in [-0.25, -0.2) is 8.42 Å². The Hall–Kier alpha value is -1.56. The quantitative estimate of drug-likeness (QED) is 0.436. The minimum absolute atomic E-state index is 0.0113. The summed E-state index contributed by atoms with van der Waals surface area (Å²) < 4.78 is 26.9. The predicted octanol–water partition coefficient (Wildman–Crippen LogP) is 3.92. The van der Waals surface area contributed by atoms with Crippen molar-refractivity contribution in [2.75, 3.05) is 23.7 Å². The smallest absolute Gasteiger partial charge is 0.244 e. The molecule has 11 heteroatoms. The molecule has 0 aliphatic heterocycles. The number of hydrogen-bond acceptors (Lipinski definition) is 4. The molecule has 2 rings (SSSR count). The van der Waals surface area contributed by atoms with Crippen LogP contribution in [-0.2, 0) is 26.2 Å². The SMILES string of the molecule is CCNC(=O)[C@H](C)N(Cc1ccc(Cl)cc1Cl)C(=O)CN(c1ccc(I)cc1)S(C)(=O)=O. The van der Waals surface area contributed by atoms with Crippen LogP contribution in [0, 0.1) is 3.57 Å². The van der Waals surface area contributed by atoms with Crippen LogP contribution < -0.4 is 9.62 Å². The first kappa shape index (κ1) is 26.7. The van der Waals surface area contributed by atoms with Gasteiger partial charge in [0.05, 0.1) is 11.9 Å². The second-order valence-electron chi connectivity index (χ2n) is 7.07. The molecule has 2 aromatic carbocycles. The van der Waals surface area contributed by atoms with Crippen molar-refractivity contribution in [2.45, 2.75) is 26.4 Å². The van der Waals surface area contributed by atoms with E-state index in [9.17, 15) is 18.0 Å². The van der Waals surface area contributed by atoms with Crippen molar-refractivity contribution >= 4 is 73.3 Å². The van der Waals surface area contributed by atoms with Gasteiger partial charge in [0.15, 0.2) is 0 Å². The Morgan fingerprint density at radius 2 is 1.75 bits per heavy atom. The molecule has 0 aliphatic rings. The summed E-state index contributed by atoms with van der Waals surface area (Å²) >= 11 is 14.4. The molecule has 0 fully saturated rings. The fourth-order valence-corrected chi connectivity index (χ4v) is 4.64. The van der Waals surface area contributed by atoms with Gasteiger partial charge >= 0.3 is 0 Å². The minimum Gasteiger partial charge on any atom is -0.355 e. The zero-order chi connectivity index (χ0) is 24.1. The minimum atomic E-state index is -3.76. The van der Waals surface area contributed by atoms with Crippen molar-refractivity contribution in [3.05, 3.63) is 61.6 Å². The summed E-state index contributed by atoms with van der Waals surface area (Å²) in [6, 6.07) is 10.8. The molecule has 0 aliphatic carbocycles. The molecule has 174 valence electrons. The normalized spacial score (nSPS) is 12.2. The fourth-order valence-electron chi connectivity index (χ4n) is 2.96. The van der Waals surface area contributed by atoms with E-state index in [1.165, 1.54) is 4.90 Å². The lowest BCUT2D eigenvalue weighted by atomic mass is 10.1. The van der Waals surface area contributed by atoms with Gasteiger partial charge in [-0.3, -0.25) is 13.9 Å². The molecule has 0 saturated carbocycles. The largest absolute Gasteiger partial charge is 0.355 e.